The number of aryl methyl sites for hydroxylation is 1. The number of nitrogens with one attached hydrogen (secondary N) is 1. The summed E-state index contributed by atoms with van der Waals surface area (Å²) in [6.45, 7) is 4.40. The van der Waals surface area contributed by atoms with Crippen molar-refractivity contribution in [2.45, 2.75) is 26.2 Å². The van der Waals surface area contributed by atoms with Crippen molar-refractivity contribution in [3.8, 4) is 0 Å². The van der Waals surface area contributed by atoms with Gasteiger partial charge in [-0.05, 0) is 12.8 Å². The van der Waals surface area contributed by atoms with Crippen molar-refractivity contribution in [1.29, 1.82) is 0 Å². The normalized spacial score (nSPS) is 17.1. The van der Waals surface area contributed by atoms with E-state index in [2.05, 4.69) is 17.2 Å². The monoisotopic (exact) mass is 182 g/mol. The third-order valence-electron chi connectivity index (χ3n) is 2.19. The zero-order chi connectivity index (χ0) is 8.39. The third kappa shape index (κ3) is 1.52. The fraction of sp³-hybridized carbons (Fsp3) is 0.667. The van der Waals surface area contributed by atoms with E-state index in [4.69, 9.17) is 0 Å². The Bertz CT molecular complexity index is 244. The average Bonchev–Trinajstić information content (AvgIpc) is 2.37. The molecule has 2 rings (SSSR count). The molecule has 0 saturated heterocycles. The summed E-state index contributed by atoms with van der Waals surface area (Å²) in [4.78, 5) is 6.12. The van der Waals surface area contributed by atoms with Crippen LogP contribution in [0.2, 0.25) is 0 Å². The lowest BCUT2D eigenvalue weighted by atomic mass is 10.2. The predicted molar refractivity (Wildman–Crippen MR) is 51.8 cm³/mol. The number of nitrogens with zero attached hydrogens (tertiary/aromatic N) is 1. The van der Waals surface area contributed by atoms with E-state index in [0.717, 1.165) is 25.9 Å². The second-order valence-corrected chi connectivity index (χ2v) is 4.25. The van der Waals surface area contributed by atoms with Gasteiger partial charge in [0.1, 0.15) is 0 Å². The van der Waals surface area contributed by atoms with Gasteiger partial charge < -0.3 is 5.32 Å². The van der Waals surface area contributed by atoms with Crippen molar-refractivity contribution < 1.29 is 0 Å². The summed E-state index contributed by atoms with van der Waals surface area (Å²) in [5.41, 5.74) is 1.35. The summed E-state index contributed by atoms with van der Waals surface area (Å²) >= 11 is 1.90. The molecule has 0 radical (unpaired) electrons. The van der Waals surface area contributed by atoms with Gasteiger partial charge in [0.15, 0.2) is 0 Å². The second kappa shape index (κ2) is 3.54. The van der Waals surface area contributed by atoms with Gasteiger partial charge in [0.2, 0.25) is 0 Å². The predicted octanol–water partition coefficient (Wildman–Crippen LogP) is 1.39. The maximum atomic E-state index is 4.61. The average molecular weight is 182 g/mol. The minimum absolute atomic E-state index is 1.09. The Morgan fingerprint density at radius 1 is 1.42 bits per heavy atom. The molecule has 1 aromatic rings. The molecular weight excluding hydrogens is 168 g/mol. The van der Waals surface area contributed by atoms with Gasteiger partial charge >= 0.3 is 0 Å². The molecule has 0 saturated carbocycles. The Morgan fingerprint density at radius 3 is 3.08 bits per heavy atom. The maximum Gasteiger partial charge on any atom is 0.0928 e. The summed E-state index contributed by atoms with van der Waals surface area (Å²) in [5, 5.41) is 4.69. The van der Waals surface area contributed by atoms with Crippen LogP contribution < -0.4 is 5.32 Å². The van der Waals surface area contributed by atoms with Crippen LogP contribution in [0.25, 0.3) is 0 Å². The van der Waals surface area contributed by atoms with E-state index in [1.165, 1.54) is 22.0 Å². The number of fused-ring (bicyclic) bond motifs is 1. The molecule has 1 N–H and O–H groups in total. The van der Waals surface area contributed by atoms with Crippen LogP contribution in [-0.4, -0.2) is 18.1 Å². The SMILES string of the molecule is CCc1nc2c(s1)CCNCC2. The number of hydrogen-bond donors (Lipinski definition) is 1. The molecule has 2 nitrogen and oxygen atoms in total. The molecule has 12 heavy (non-hydrogen) atoms. The summed E-state index contributed by atoms with van der Waals surface area (Å²) in [5.74, 6) is 0. The zero-order valence-electron chi connectivity index (χ0n) is 7.39. The molecule has 2 heterocycles. The number of rotatable bonds is 1. The van der Waals surface area contributed by atoms with Gasteiger partial charge in [-0.3, -0.25) is 0 Å². The lowest BCUT2D eigenvalue weighted by Gasteiger charge is -1.94. The van der Waals surface area contributed by atoms with Crippen molar-refractivity contribution in [1.82, 2.24) is 10.3 Å². The molecular formula is C9H14N2S. The highest BCUT2D eigenvalue weighted by molar-refractivity contribution is 7.11. The van der Waals surface area contributed by atoms with Crippen LogP contribution in [0.3, 0.4) is 0 Å². The van der Waals surface area contributed by atoms with Gasteiger partial charge in [-0.15, -0.1) is 11.3 Å². The third-order valence-corrected chi connectivity index (χ3v) is 3.49. The fourth-order valence-electron chi connectivity index (χ4n) is 1.51. The second-order valence-electron chi connectivity index (χ2n) is 3.08. The minimum Gasteiger partial charge on any atom is -0.316 e. The molecule has 1 aliphatic heterocycles. The van der Waals surface area contributed by atoms with Crippen LogP contribution in [-0.2, 0) is 19.3 Å². The Labute approximate surface area is 77.0 Å². The number of hydrogen-bond acceptors (Lipinski definition) is 3. The zero-order valence-corrected chi connectivity index (χ0v) is 8.21. The largest absolute Gasteiger partial charge is 0.316 e. The molecule has 0 atom stereocenters. The van der Waals surface area contributed by atoms with Gasteiger partial charge in [-0.2, -0.15) is 0 Å². The first-order valence-corrected chi connectivity index (χ1v) is 5.40. The van der Waals surface area contributed by atoms with Gasteiger partial charge in [-0.25, -0.2) is 4.98 Å². The Kier molecular flexibility index (Phi) is 2.42. The molecule has 0 bridgehead atoms. The molecule has 1 aromatic heterocycles. The summed E-state index contributed by atoms with van der Waals surface area (Å²) in [7, 11) is 0. The highest BCUT2D eigenvalue weighted by atomic mass is 32.1. The van der Waals surface area contributed by atoms with Crippen LogP contribution in [0, 0.1) is 0 Å². The van der Waals surface area contributed by atoms with E-state index < -0.39 is 0 Å². The molecule has 0 aromatic carbocycles. The summed E-state index contributed by atoms with van der Waals surface area (Å²) < 4.78 is 0. The van der Waals surface area contributed by atoms with Gasteiger partial charge in [-0.1, -0.05) is 6.92 Å². The van der Waals surface area contributed by atoms with E-state index in [1.54, 1.807) is 0 Å². The van der Waals surface area contributed by atoms with Gasteiger partial charge in [0, 0.05) is 24.4 Å². The Morgan fingerprint density at radius 2 is 2.25 bits per heavy atom. The fourth-order valence-corrected chi connectivity index (χ4v) is 2.57. The quantitative estimate of drug-likeness (QED) is 0.710. The molecule has 0 unspecified atom stereocenters. The van der Waals surface area contributed by atoms with Crippen molar-refractivity contribution in [3.05, 3.63) is 15.6 Å². The van der Waals surface area contributed by atoms with Crippen LogP contribution in [0.15, 0.2) is 0 Å². The first-order valence-electron chi connectivity index (χ1n) is 4.58. The van der Waals surface area contributed by atoms with E-state index in [-0.39, 0.29) is 0 Å². The first kappa shape index (κ1) is 8.20. The van der Waals surface area contributed by atoms with Gasteiger partial charge in [0.25, 0.3) is 0 Å². The lowest BCUT2D eigenvalue weighted by molar-refractivity contribution is 0.708. The van der Waals surface area contributed by atoms with E-state index in [9.17, 15) is 0 Å². The Hall–Kier alpha value is -0.410. The molecule has 0 fully saturated rings. The first-order chi connectivity index (χ1) is 5.90. The smallest absolute Gasteiger partial charge is 0.0928 e. The molecule has 1 aliphatic rings. The minimum atomic E-state index is 1.09. The number of aromatic nitrogens is 1. The summed E-state index contributed by atoms with van der Waals surface area (Å²) in [6.07, 6.45) is 3.38. The van der Waals surface area contributed by atoms with E-state index in [0.29, 0.717) is 0 Å². The van der Waals surface area contributed by atoms with Gasteiger partial charge in [0.05, 0.1) is 10.7 Å². The topological polar surface area (TPSA) is 24.9 Å². The van der Waals surface area contributed by atoms with Crippen LogP contribution in [0.1, 0.15) is 22.5 Å². The lowest BCUT2D eigenvalue weighted by Crippen LogP contribution is -2.16. The summed E-state index contributed by atoms with van der Waals surface area (Å²) in [6, 6.07) is 0. The van der Waals surface area contributed by atoms with E-state index >= 15 is 0 Å². The van der Waals surface area contributed by atoms with Crippen molar-refractivity contribution in [2.75, 3.05) is 13.1 Å². The molecule has 66 valence electrons. The van der Waals surface area contributed by atoms with E-state index in [1.807, 2.05) is 11.3 Å². The van der Waals surface area contributed by atoms with Crippen LogP contribution in [0.5, 0.6) is 0 Å². The molecule has 0 spiro atoms. The van der Waals surface area contributed by atoms with Crippen molar-refractivity contribution >= 4 is 11.3 Å². The highest BCUT2D eigenvalue weighted by Gasteiger charge is 2.12. The molecule has 3 heteroatoms. The Balaban J connectivity index is 2.26. The van der Waals surface area contributed by atoms with Crippen molar-refractivity contribution in [3.63, 3.8) is 0 Å². The molecule has 0 aliphatic carbocycles. The van der Waals surface area contributed by atoms with Crippen molar-refractivity contribution in [2.24, 2.45) is 0 Å². The number of thiazole rings is 1. The van der Waals surface area contributed by atoms with Crippen LogP contribution in [0.4, 0.5) is 0 Å². The maximum absolute atomic E-state index is 4.61. The standard InChI is InChI=1S/C9H14N2S/c1-2-9-11-7-3-5-10-6-4-8(7)12-9/h10H,2-6H2,1H3. The highest BCUT2D eigenvalue weighted by Crippen LogP contribution is 2.21. The molecule has 0 amide bonds. The van der Waals surface area contributed by atoms with Crippen LogP contribution >= 0.6 is 11.3 Å².